The summed E-state index contributed by atoms with van der Waals surface area (Å²) in [6.07, 6.45) is -1.47. The Bertz CT molecular complexity index is 260. The van der Waals surface area contributed by atoms with Crippen LogP contribution < -0.4 is 0 Å². The summed E-state index contributed by atoms with van der Waals surface area (Å²) in [6.45, 7) is 0. The fourth-order valence-electron chi connectivity index (χ4n) is 0.456. The normalized spacial score (nSPS) is 18.3. The van der Waals surface area contributed by atoms with Gasteiger partial charge < -0.3 is 24.7 Å². The zero-order chi connectivity index (χ0) is 10.9. The molecule has 10 heteroatoms. The molecule has 0 aliphatic heterocycles. The van der Waals surface area contributed by atoms with Crippen molar-refractivity contribution >= 4 is 24.4 Å². The zero-order valence-electron chi connectivity index (χ0n) is 6.44. The van der Waals surface area contributed by atoms with E-state index in [2.05, 4.69) is 0 Å². The predicted molar refractivity (Wildman–Crippen MR) is 48.2 cm³/mol. The van der Waals surface area contributed by atoms with Crippen molar-refractivity contribution in [3.63, 3.8) is 0 Å². The third kappa shape index (κ3) is 5.21. The van der Waals surface area contributed by atoms with Crippen molar-refractivity contribution in [2.75, 3.05) is 6.16 Å². The third-order valence-electron chi connectivity index (χ3n) is 1.28. The van der Waals surface area contributed by atoms with Crippen LogP contribution in [0.3, 0.4) is 0 Å². The molecule has 80 valence electrons. The largest absolute Gasteiger partial charge is 0.374 e. The zero-order valence-corrected chi connectivity index (χ0v) is 9.38. The van der Waals surface area contributed by atoms with Crippen molar-refractivity contribution in [2.45, 2.75) is 11.5 Å². The lowest BCUT2D eigenvalue weighted by atomic mass is 10.5. The van der Waals surface area contributed by atoms with E-state index in [1.165, 1.54) is 9.24 Å². The van der Waals surface area contributed by atoms with E-state index < -0.39 is 32.9 Å². The summed E-state index contributed by atoms with van der Waals surface area (Å²) < 4.78 is 20.9. The first-order valence-corrected chi connectivity index (χ1v) is 7.06. The predicted octanol–water partition coefficient (Wildman–Crippen LogP) is -0.747. The molecule has 0 aliphatic carbocycles. The maximum absolute atomic E-state index is 10.5. The SMILES string of the molecule is O=P(O)(O)CCC(O)(P)P(=O)(O)O. The van der Waals surface area contributed by atoms with Crippen LogP contribution in [0.1, 0.15) is 6.42 Å². The Labute approximate surface area is 76.7 Å². The quantitative estimate of drug-likeness (QED) is 0.415. The first-order chi connectivity index (χ1) is 5.46. The van der Waals surface area contributed by atoms with Gasteiger partial charge in [-0.05, 0) is 0 Å². The highest BCUT2D eigenvalue weighted by atomic mass is 31.2. The maximum Gasteiger partial charge on any atom is 0.360 e. The fraction of sp³-hybridized carbons (Fsp3) is 1.00. The monoisotopic (exact) mass is 252 g/mol. The van der Waals surface area contributed by atoms with Crippen LogP contribution in [0.2, 0.25) is 0 Å². The van der Waals surface area contributed by atoms with E-state index in [4.69, 9.17) is 24.7 Å². The van der Waals surface area contributed by atoms with Gasteiger partial charge in [0.05, 0.1) is 6.16 Å². The molecule has 13 heavy (non-hydrogen) atoms. The van der Waals surface area contributed by atoms with Gasteiger partial charge in [-0.3, -0.25) is 9.13 Å². The van der Waals surface area contributed by atoms with Crippen LogP contribution in [-0.2, 0) is 9.13 Å². The minimum absolute atomic E-state index is 0.688. The van der Waals surface area contributed by atoms with E-state index in [-0.39, 0.29) is 0 Å². The molecule has 2 atom stereocenters. The van der Waals surface area contributed by atoms with Crippen LogP contribution in [0, 0.1) is 0 Å². The van der Waals surface area contributed by atoms with Crippen molar-refractivity contribution in [3.05, 3.63) is 0 Å². The molecule has 5 N–H and O–H groups in total. The van der Waals surface area contributed by atoms with Gasteiger partial charge in [-0.2, -0.15) is 0 Å². The number of aliphatic hydroxyl groups is 1. The lowest BCUT2D eigenvalue weighted by Gasteiger charge is -2.23. The molecular weight excluding hydrogens is 241 g/mol. The molecule has 2 unspecified atom stereocenters. The average Bonchev–Trinajstić information content (AvgIpc) is 1.79. The molecule has 0 aromatic rings. The van der Waals surface area contributed by atoms with Gasteiger partial charge in [-0.25, -0.2) is 0 Å². The first kappa shape index (κ1) is 13.7. The second-order valence-corrected chi connectivity index (χ2v) is 7.64. The molecule has 0 aliphatic rings. The Hall–Kier alpha value is 0.690. The summed E-state index contributed by atoms with van der Waals surface area (Å²) in [7, 11) is -7.64. The highest BCUT2D eigenvalue weighted by Crippen LogP contribution is 2.56. The average molecular weight is 252 g/mol. The number of hydrogen-bond acceptors (Lipinski definition) is 3. The van der Waals surface area contributed by atoms with Gasteiger partial charge in [0.2, 0.25) is 0 Å². The van der Waals surface area contributed by atoms with Gasteiger partial charge in [0.15, 0.2) is 5.08 Å². The van der Waals surface area contributed by atoms with Crippen LogP contribution >= 0.6 is 24.4 Å². The maximum atomic E-state index is 10.5. The lowest BCUT2D eigenvalue weighted by Crippen LogP contribution is -2.21. The molecule has 0 bridgehead atoms. The second kappa shape index (κ2) is 4.05. The Kier molecular flexibility index (Phi) is 4.27. The summed E-state index contributed by atoms with van der Waals surface area (Å²) in [5.41, 5.74) is 0. The summed E-state index contributed by atoms with van der Waals surface area (Å²) in [5, 5.41) is 6.61. The van der Waals surface area contributed by atoms with Crippen molar-refractivity contribution in [1.82, 2.24) is 0 Å². The number of hydrogen-bond donors (Lipinski definition) is 5. The highest BCUT2D eigenvalue weighted by Gasteiger charge is 2.41. The summed E-state index contributed by atoms with van der Waals surface area (Å²) in [5.74, 6) is 0. The van der Waals surface area contributed by atoms with Crippen molar-refractivity contribution in [3.8, 4) is 0 Å². The van der Waals surface area contributed by atoms with E-state index in [1.807, 2.05) is 0 Å². The van der Waals surface area contributed by atoms with Crippen LogP contribution in [0.25, 0.3) is 0 Å². The Morgan fingerprint density at radius 3 is 1.77 bits per heavy atom. The molecule has 0 heterocycles. The molecule has 0 saturated heterocycles. The standard InChI is InChI=1S/C3H11O7P3/c4-3(11,13(8,9)10)1-2-12(5,6)7/h4H,1-2,11H2,(H2,5,6,7)(H2,8,9,10). The van der Waals surface area contributed by atoms with E-state index in [0.717, 1.165) is 0 Å². The molecule has 0 spiro atoms. The molecule has 0 rings (SSSR count). The molecule has 0 aromatic carbocycles. The summed E-state index contributed by atoms with van der Waals surface area (Å²) in [4.78, 5) is 33.8. The Balaban J connectivity index is 4.38. The van der Waals surface area contributed by atoms with E-state index in [1.54, 1.807) is 0 Å². The fourth-order valence-corrected chi connectivity index (χ4v) is 2.05. The smallest absolute Gasteiger partial charge is 0.360 e. The molecule has 0 amide bonds. The summed E-state index contributed by atoms with van der Waals surface area (Å²) in [6, 6.07) is 0. The van der Waals surface area contributed by atoms with Crippen LogP contribution in [-0.4, -0.2) is 35.9 Å². The lowest BCUT2D eigenvalue weighted by molar-refractivity contribution is 0.167. The Morgan fingerprint density at radius 2 is 1.54 bits per heavy atom. The molecule has 0 fully saturated rings. The first-order valence-electron chi connectivity index (χ1n) is 3.07. The summed E-state index contributed by atoms with van der Waals surface area (Å²) >= 11 is 0. The highest BCUT2D eigenvalue weighted by molar-refractivity contribution is 7.61. The number of rotatable bonds is 4. The second-order valence-electron chi connectivity index (χ2n) is 2.56. The minimum atomic E-state index is -4.78. The van der Waals surface area contributed by atoms with E-state index >= 15 is 0 Å². The minimum Gasteiger partial charge on any atom is -0.374 e. The van der Waals surface area contributed by atoms with Gasteiger partial charge in [0.1, 0.15) is 0 Å². The van der Waals surface area contributed by atoms with Crippen molar-refractivity contribution < 1.29 is 33.8 Å². The van der Waals surface area contributed by atoms with Gasteiger partial charge in [-0.1, -0.05) is 9.24 Å². The van der Waals surface area contributed by atoms with Crippen LogP contribution in [0.4, 0.5) is 0 Å². The third-order valence-corrected chi connectivity index (χ3v) is 4.61. The van der Waals surface area contributed by atoms with Crippen LogP contribution in [0.15, 0.2) is 0 Å². The topological polar surface area (TPSA) is 135 Å². The van der Waals surface area contributed by atoms with Gasteiger partial charge in [0, 0.05) is 6.42 Å². The molecule has 0 saturated carbocycles. The van der Waals surface area contributed by atoms with Crippen molar-refractivity contribution in [1.29, 1.82) is 0 Å². The molecule has 0 aromatic heterocycles. The Morgan fingerprint density at radius 1 is 1.15 bits per heavy atom. The van der Waals surface area contributed by atoms with Gasteiger partial charge >= 0.3 is 15.2 Å². The van der Waals surface area contributed by atoms with Crippen molar-refractivity contribution in [2.24, 2.45) is 0 Å². The molecule has 7 nitrogen and oxygen atoms in total. The molecule has 0 radical (unpaired) electrons. The van der Waals surface area contributed by atoms with Gasteiger partial charge in [-0.15, -0.1) is 0 Å². The van der Waals surface area contributed by atoms with Crippen LogP contribution in [0.5, 0.6) is 0 Å². The molecular formula is C3H11O7P3. The van der Waals surface area contributed by atoms with E-state index in [0.29, 0.717) is 0 Å². The van der Waals surface area contributed by atoms with E-state index in [9.17, 15) is 9.13 Å². The van der Waals surface area contributed by atoms with Gasteiger partial charge in [0.25, 0.3) is 0 Å².